The van der Waals surface area contributed by atoms with Crippen molar-refractivity contribution in [3.8, 4) is 0 Å². The topological polar surface area (TPSA) is 483 Å². The third-order valence-corrected chi connectivity index (χ3v) is 12.5. The van der Waals surface area contributed by atoms with E-state index >= 15 is 0 Å². The molecule has 0 bridgehead atoms. The summed E-state index contributed by atoms with van der Waals surface area (Å²) in [7, 11) is 0. The summed E-state index contributed by atoms with van der Waals surface area (Å²) >= 11 is 4.27. The Balaban J connectivity index is 1.86. The zero-order valence-electron chi connectivity index (χ0n) is 43.1. The number of carbonyl (C=O) groups is 13. The number of benzene rings is 1. The van der Waals surface area contributed by atoms with Crippen LogP contribution in [-0.4, -0.2) is 169 Å². The summed E-state index contributed by atoms with van der Waals surface area (Å²) in [6.07, 6.45) is -1.02. The van der Waals surface area contributed by atoms with Gasteiger partial charge in [-0.25, -0.2) is 4.98 Å². The average Bonchev–Trinajstić information content (AvgIpc) is 4.10. The fourth-order valence-corrected chi connectivity index (χ4v) is 8.39. The molecule has 1 fully saturated rings. The van der Waals surface area contributed by atoms with Crippen LogP contribution in [0.15, 0.2) is 42.9 Å². The predicted octanol–water partition coefficient (Wildman–Crippen LogP) is -4.76. The number of H-pyrrole nitrogens is 1. The van der Waals surface area contributed by atoms with Crippen molar-refractivity contribution in [3.05, 3.63) is 54.1 Å². The Kier molecular flexibility index (Phi) is 26.1. The molecule has 11 amide bonds. The Morgan fingerprint density at radius 2 is 1.15 bits per heavy atom. The summed E-state index contributed by atoms with van der Waals surface area (Å²) in [6, 6.07) is -5.15. The zero-order chi connectivity index (χ0) is 58.2. The number of primary amides is 3. The quantitative estimate of drug-likeness (QED) is 0.0293. The van der Waals surface area contributed by atoms with Gasteiger partial charge in [-0.3, -0.25) is 62.3 Å². The molecule has 2 aromatic rings. The highest BCUT2D eigenvalue weighted by Crippen LogP contribution is 2.20. The van der Waals surface area contributed by atoms with Crippen LogP contribution >= 0.6 is 12.6 Å². The first-order valence-electron chi connectivity index (χ1n) is 24.9. The number of thiol groups is 1. The average molecular weight is 1120 g/mol. The van der Waals surface area contributed by atoms with Crippen LogP contribution in [0, 0.1) is 5.92 Å². The summed E-state index contributed by atoms with van der Waals surface area (Å²) in [5, 5.41) is 36.1. The Morgan fingerprint density at radius 1 is 0.654 bits per heavy atom. The molecule has 0 radical (unpaired) electrons. The van der Waals surface area contributed by atoms with E-state index in [4.69, 9.17) is 22.9 Å². The van der Waals surface area contributed by atoms with Crippen LogP contribution in [0.5, 0.6) is 0 Å². The maximum atomic E-state index is 14.3. The van der Waals surface area contributed by atoms with Crippen LogP contribution < -0.4 is 60.2 Å². The lowest BCUT2D eigenvalue weighted by Crippen LogP contribution is -2.61. The molecular formula is C48H70N14O15S. The monoisotopic (exact) mass is 1110 g/mol. The number of amides is 11. The molecule has 29 nitrogen and oxygen atoms in total. The van der Waals surface area contributed by atoms with E-state index < -0.39 is 157 Å². The lowest BCUT2D eigenvalue weighted by molar-refractivity contribution is -0.142. The molecule has 2 heterocycles. The molecule has 0 unspecified atom stereocenters. The highest BCUT2D eigenvalue weighted by molar-refractivity contribution is 7.80. The molecule has 1 aromatic carbocycles. The van der Waals surface area contributed by atoms with Crippen LogP contribution in [0.25, 0.3) is 0 Å². The fourth-order valence-electron chi connectivity index (χ4n) is 8.14. The number of aliphatic carboxylic acids is 2. The standard InChI is InChI=1S/C48H70N14O15S/c1-24(2)17-27(49)41(70)55-28(10-13-36(50)63)42(71)56-29(11-14-37(51)64)44(73)61-34(22-78)48(77)62-16-6-9-35(62)47(76)60-32(18-25-7-4-3-5-8-25)45(74)57-30(12-15-38(65)66)43(72)59-33(20-39(67)68)46(75)58-31(40(52)69)19-26-21-53-23-54-26/h3-5,7-8,21,23-24,27-35,78H,6,9-20,22,49H2,1-2H3,(H2,50,63)(H2,51,64)(H2,52,69)(H,53,54)(H,55,70)(H,56,71)(H,57,74)(H,58,75)(H,59,72)(H,60,76)(H,61,73)(H,65,66)(H,67,68)/t27-,28-,29-,30-,31-,32-,33-,34-,35-/m0/s1. The minimum absolute atomic E-state index is 0.00540. The van der Waals surface area contributed by atoms with Gasteiger partial charge < -0.3 is 80.2 Å². The SMILES string of the molecule is CC(C)C[C@H](N)C(=O)N[C@@H](CCC(N)=O)C(=O)N[C@@H](CCC(N)=O)C(=O)N[C@@H](CS)C(=O)N1CCC[C@H]1C(=O)N[C@@H](Cc1ccccc1)C(=O)N[C@@H](CCC(=O)O)C(=O)N[C@@H](CC(=O)O)C(=O)N[C@@H](Cc1cnc[nH]1)C(N)=O. The molecule has 30 heteroatoms. The number of hydrogen-bond acceptors (Lipinski definition) is 16. The number of carboxylic acids is 2. The van der Waals surface area contributed by atoms with Crippen molar-refractivity contribution >= 4 is 89.5 Å². The molecule has 428 valence electrons. The van der Waals surface area contributed by atoms with Gasteiger partial charge >= 0.3 is 11.9 Å². The number of rotatable bonds is 34. The van der Waals surface area contributed by atoms with Crippen LogP contribution in [0.4, 0.5) is 0 Å². The number of carbonyl (C=O) groups excluding carboxylic acids is 11. The Labute approximate surface area is 453 Å². The van der Waals surface area contributed by atoms with Crippen molar-refractivity contribution < 1.29 is 72.5 Å². The van der Waals surface area contributed by atoms with E-state index in [-0.39, 0.29) is 69.6 Å². The van der Waals surface area contributed by atoms with E-state index in [1.807, 2.05) is 13.8 Å². The van der Waals surface area contributed by atoms with Gasteiger partial charge in [-0.2, -0.15) is 12.6 Å². The summed E-state index contributed by atoms with van der Waals surface area (Å²) in [5.41, 5.74) is 23.0. The highest BCUT2D eigenvalue weighted by Gasteiger charge is 2.40. The first kappa shape index (κ1) is 64.1. The van der Waals surface area contributed by atoms with E-state index in [9.17, 15) is 72.5 Å². The van der Waals surface area contributed by atoms with Gasteiger partial charge in [0.15, 0.2) is 0 Å². The van der Waals surface area contributed by atoms with E-state index in [1.54, 1.807) is 30.3 Å². The third-order valence-electron chi connectivity index (χ3n) is 12.2. The minimum Gasteiger partial charge on any atom is -0.481 e. The molecule has 0 aliphatic carbocycles. The van der Waals surface area contributed by atoms with Gasteiger partial charge in [-0.05, 0) is 50.0 Å². The fraction of sp³-hybridized carbons (Fsp3) is 0.542. The summed E-state index contributed by atoms with van der Waals surface area (Å²) < 4.78 is 0. The largest absolute Gasteiger partial charge is 0.481 e. The number of carboxylic acid groups (broad SMARTS) is 2. The number of nitrogens with one attached hydrogen (secondary N) is 8. The maximum Gasteiger partial charge on any atom is 0.305 e. The molecule has 78 heavy (non-hydrogen) atoms. The second-order valence-electron chi connectivity index (χ2n) is 18.9. The van der Waals surface area contributed by atoms with Crippen molar-refractivity contribution in [2.24, 2.45) is 28.9 Å². The van der Waals surface area contributed by atoms with Gasteiger partial charge in [0.25, 0.3) is 0 Å². The predicted molar refractivity (Wildman–Crippen MR) is 277 cm³/mol. The highest BCUT2D eigenvalue weighted by atomic mass is 32.1. The van der Waals surface area contributed by atoms with Crippen molar-refractivity contribution in [1.82, 2.24) is 52.1 Å². The molecule has 1 aliphatic rings. The summed E-state index contributed by atoms with van der Waals surface area (Å²) in [6.45, 7) is 3.62. The van der Waals surface area contributed by atoms with E-state index in [0.29, 0.717) is 11.3 Å². The maximum absolute atomic E-state index is 14.3. The number of imidazole rings is 1. The van der Waals surface area contributed by atoms with Gasteiger partial charge in [-0.15, -0.1) is 0 Å². The first-order valence-corrected chi connectivity index (χ1v) is 25.5. The first-order chi connectivity index (χ1) is 36.8. The molecule has 9 atom stereocenters. The van der Waals surface area contributed by atoms with Crippen molar-refractivity contribution in [1.29, 1.82) is 0 Å². The van der Waals surface area contributed by atoms with Crippen molar-refractivity contribution in [2.75, 3.05) is 12.3 Å². The lowest BCUT2D eigenvalue weighted by atomic mass is 10.0. The zero-order valence-corrected chi connectivity index (χ0v) is 44.0. The van der Waals surface area contributed by atoms with Crippen molar-refractivity contribution in [3.63, 3.8) is 0 Å². The second kappa shape index (κ2) is 31.8. The summed E-state index contributed by atoms with van der Waals surface area (Å²) in [5.74, 6) is -13.8. The Bertz CT molecular complexity index is 2470. The van der Waals surface area contributed by atoms with Gasteiger partial charge in [0, 0.05) is 56.3 Å². The van der Waals surface area contributed by atoms with E-state index in [2.05, 4.69) is 59.8 Å². The molecule has 3 rings (SSSR count). The number of nitrogens with two attached hydrogens (primary N) is 4. The summed E-state index contributed by atoms with van der Waals surface area (Å²) in [4.78, 5) is 178. The molecular weight excluding hydrogens is 1040 g/mol. The Hall–Kier alpha value is -8.15. The number of likely N-dealkylation sites (tertiary alicyclic amines) is 1. The molecule has 18 N–H and O–H groups in total. The van der Waals surface area contributed by atoms with Crippen LogP contribution in [-0.2, 0) is 75.2 Å². The third kappa shape index (κ3) is 21.8. The Morgan fingerprint density at radius 3 is 1.64 bits per heavy atom. The van der Waals surface area contributed by atoms with Crippen LogP contribution in [0.1, 0.15) is 89.3 Å². The molecule has 1 aromatic heterocycles. The number of aromatic nitrogens is 2. The van der Waals surface area contributed by atoms with Gasteiger partial charge in [0.05, 0.1) is 18.8 Å². The van der Waals surface area contributed by atoms with Gasteiger partial charge in [-0.1, -0.05) is 44.2 Å². The number of nitrogens with zero attached hydrogens (tertiary/aromatic N) is 2. The van der Waals surface area contributed by atoms with E-state index in [1.165, 1.54) is 12.5 Å². The van der Waals surface area contributed by atoms with Crippen LogP contribution in [0.2, 0.25) is 0 Å². The van der Waals surface area contributed by atoms with Gasteiger partial charge in [0.2, 0.25) is 65.0 Å². The number of aromatic amines is 1. The normalized spacial score (nSPS) is 16.1. The number of hydrogen-bond donors (Lipinski definition) is 15. The molecule has 1 aliphatic heterocycles. The van der Waals surface area contributed by atoms with E-state index in [0.717, 1.165) is 4.90 Å². The van der Waals surface area contributed by atoms with Crippen LogP contribution in [0.3, 0.4) is 0 Å². The minimum atomic E-state index is -1.88. The second-order valence-corrected chi connectivity index (χ2v) is 19.3. The lowest BCUT2D eigenvalue weighted by Gasteiger charge is -2.30. The van der Waals surface area contributed by atoms with Gasteiger partial charge in [0.1, 0.15) is 48.3 Å². The smallest absolute Gasteiger partial charge is 0.305 e. The molecule has 0 saturated carbocycles. The molecule has 0 spiro atoms. The molecule has 1 saturated heterocycles. The van der Waals surface area contributed by atoms with Crippen molar-refractivity contribution in [2.45, 2.75) is 145 Å².